The van der Waals surface area contributed by atoms with Crippen LogP contribution in [0.5, 0.6) is 5.75 Å². The number of aryl methyl sites for hydroxylation is 1. The van der Waals surface area contributed by atoms with Gasteiger partial charge in [-0.2, -0.15) is 0 Å². The highest BCUT2D eigenvalue weighted by Gasteiger charge is 2.29. The van der Waals surface area contributed by atoms with E-state index in [9.17, 15) is 5.11 Å². The molecule has 0 saturated carbocycles. The summed E-state index contributed by atoms with van der Waals surface area (Å²) in [6.45, 7) is 18.2. The molecule has 0 aliphatic rings. The van der Waals surface area contributed by atoms with Gasteiger partial charge in [0.05, 0.1) is 0 Å². The molecule has 0 fully saturated rings. The molecule has 0 radical (unpaired) electrons. The molecule has 1 aromatic rings. The van der Waals surface area contributed by atoms with Crippen LogP contribution >= 0.6 is 0 Å². The standard InChI is InChI=1S/C27H48O/c1-9-10-11-12-13-14-15-16-17-21(2)24-19-23(18-22(3)25(24)28)27(7,8)20-26(4,5)6/h18-19,21,28H,9-17,20H2,1-8H3. The molecule has 0 aliphatic heterocycles. The zero-order valence-corrected chi connectivity index (χ0v) is 20.3. The maximum Gasteiger partial charge on any atom is 0.121 e. The Labute approximate surface area is 176 Å². The van der Waals surface area contributed by atoms with Crippen molar-refractivity contribution >= 4 is 0 Å². The predicted octanol–water partition coefficient (Wildman–Crippen LogP) is 9.05. The molecule has 0 bridgehead atoms. The first-order valence-electron chi connectivity index (χ1n) is 11.8. The third kappa shape index (κ3) is 8.58. The van der Waals surface area contributed by atoms with Crippen molar-refractivity contribution in [3.8, 4) is 5.75 Å². The molecule has 0 saturated heterocycles. The van der Waals surface area contributed by atoms with Crippen LogP contribution in [0.1, 0.15) is 135 Å². The summed E-state index contributed by atoms with van der Waals surface area (Å²) in [5.41, 5.74) is 3.95. The summed E-state index contributed by atoms with van der Waals surface area (Å²) in [5, 5.41) is 10.7. The quantitative estimate of drug-likeness (QED) is 0.354. The Morgan fingerprint density at radius 1 is 0.857 bits per heavy atom. The summed E-state index contributed by atoms with van der Waals surface area (Å²) in [6, 6.07) is 4.50. The maximum atomic E-state index is 10.7. The number of unbranched alkanes of at least 4 members (excludes halogenated alkanes) is 7. The fourth-order valence-electron chi connectivity index (χ4n) is 4.74. The van der Waals surface area contributed by atoms with E-state index in [2.05, 4.69) is 67.5 Å². The monoisotopic (exact) mass is 388 g/mol. The first-order valence-corrected chi connectivity index (χ1v) is 11.8. The molecule has 0 amide bonds. The highest BCUT2D eigenvalue weighted by atomic mass is 16.3. The van der Waals surface area contributed by atoms with E-state index in [1.165, 1.54) is 63.4 Å². The number of hydrogen-bond donors (Lipinski definition) is 1. The van der Waals surface area contributed by atoms with Crippen molar-refractivity contribution in [2.75, 3.05) is 0 Å². The van der Waals surface area contributed by atoms with Crippen LogP contribution in [0.3, 0.4) is 0 Å². The third-order valence-corrected chi connectivity index (χ3v) is 6.11. The van der Waals surface area contributed by atoms with Gasteiger partial charge in [0.1, 0.15) is 5.75 Å². The Bertz CT molecular complexity index is 577. The maximum absolute atomic E-state index is 10.7. The molecule has 0 spiro atoms. The van der Waals surface area contributed by atoms with Crippen LogP contribution in [0, 0.1) is 12.3 Å². The van der Waals surface area contributed by atoms with Crippen LogP contribution in [0.4, 0.5) is 0 Å². The molecule has 0 aliphatic carbocycles. The highest BCUT2D eigenvalue weighted by molar-refractivity contribution is 5.46. The Balaban J connectivity index is 2.70. The molecular weight excluding hydrogens is 340 g/mol. The number of aromatic hydroxyl groups is 1. The van der Waals surface area contributed by atoms with E-state index in [0.29, 0.717) is 11.7 Å². The number of hydrogen-bond acceptors (Lipinski definition) is 1. The van der Waals surface area contributed by atoms with E-state index < -0.39 is 0 Å². The van der Waals surface area contributed by atoms with E-state index >= 15 is 0 Å². The second-order valence-electron chi connectivity index (χ2n) is 11.0. The Kier molecular flexibility index (Phi) is 10.1. The van der Waals surface area contributed by atoms with Gasteiger partial charge in [-0.05, 0) is 53.2 Å². The van der Waals surface area contributed by atoms with Crippen molar-refractivity contribution < 1.29 is 5.11 Å². The van der Waals surface area contributed by atoms with Crippen LogP contribution in [-0.4, -0.2) is 5.11 Å². The lowest BCUT2D eigenvalue weighted by molar-refractivity contribution is 0.283. The SMILES string of the molecule is CCCCCCCCCCC(C)c1cc(C(C)(C)CC(C)(C)C)cc(C)c1O. The second kappa shape index (κ2) is 11.3. The normalized spacial score (nSPS) is 13.7. The van der Waals surface area contributed by atoms with Gasteiger partial charge in [-0.1, -0.05) is 112 Å². The molecule has 1 aromatic carbocycles. The van der Waals surface area contributed by atoms with Gasteiger partial charge in [0, 0.05) is 0 Å². The van der Waals surface area contributed by atoms with Crippen molar-refractivity contribution in [1.29, 1.82) is 0 Å². The first-order chi connectivity index (χ1) is 13.0. The molecule has 28 heavy (non-hydrogen) atoms. The van der Waals surface area contributed by atoms with Gasteiger partial charge in [-0.25, -0.2) is 0 Å². The molecule has 0 aromatic heterocycles. The van der Waals surface area contributed by atoms with Crippen LogP contribution in [0.15, 0.2) is 12.1 Å². The van der Waals surface area contributed by atoms with Gasteiger partial charge >= 0.3 is 0 Å². The molecule has 1 rings (SSSR count). The molecule has 0 heterocycles. The van der Waals surface area contributed by atoms with Gasteiger partial charge in [-0.15, -0.1) is 0 Å². The van der Waals surface area contributed by atoms with Crippen LogP contribution in [-0.2, 0) is 5.41 Å². The summed E-state index contributed by atoms with van der Waals surface area (Å²) in [5.74, 6) is 0.937. The summed E-state index contributed by atoms with van der Waals surface area (Å²) in [4.78, 5) is 0. The van der Waals surface area contributed by atoms with Gasteiger partial charge in [-0.3, -0.25) is 0 Å². The van der Waals surface area contributed by atoms with Crippen molar-refractivity contribution in [2.24, 2.45) is 5.41 Å². The zero-order chi connectivity index (χ0) is 21.4. The summed E-state index contributed by atoms with van der Waals surface area (Å²) in [7, 11) is 0. The fraction of sp³-hybridized carbons (Fsp3) is 0.778. The van der Waals surface area contributed by atoms with Gasteiger partial charge < -0.3 is 5.11 Å². The predicted molar refractivity (Wildman–Crippen MR) is 126 cm³/mol. The largest absolute Gasteiger partial charge is 0.507 e. The van der Waals surface area contributed by atoms with E-state index in [-0.39, 0.29) is 10.8 Å². The zero-order valence-electron chi connectivity index (χ0n) is 20.3. The number of phenols is 1. The van der Waals surface area contributed by atoms with Gasteiger partial charge in [0.25, 0.3) is 0 Å². The molecule has 162 valence electrons. The third-order valence-electron chi connectivity index (χ3n) is 6.11. The minimum Gasteiger partial charge on any atom is -0.507 e. The topological polar surface area (TPSA) is 20.2 Å². The smallest absolute Gasteiger partial charge is 0.121 e. The summed E-state index contributed by atoms with van der Waals surface area (Å²) in [6.07, 6.45) is 13.2. The van der Waals surface area contributed by atoms with Crippen molar-refractivity contribution in [1.82, 2.24) is 0 Å². The molecule has 1 N–H and O–H groups in total. The fourth-order valence-corrected chi connectivity index (χ4v) is 4.74. The Morgan fingerprint density at radius 3 is 1.93 bits per heavy atom. The van der Waals surface area contributed by atoms with E-state index in [4.69, 9.17) is 0 Å². The van der Waals surface area contributed by atoms with E-state index in [1.807, 2.05) is 0 Å². The molecule has 1 atom stereocenters. The van der Waals surface area contributed by atoms with Crippen LogP contribution in [0.25, 0.3) is 0 Å². The average molecular weight is 389 g/mol. The summed E-state index contributed by atoms with van der Waals surface area (Å²) >= 11 is 0. The summed E-state index contributed by atoms with van der Waals surface area (Å²) < 4.78 is 0. The van der Waals surface area contributed by atoms with E-state index in [0.717, 1.165) is 17.5 Å². The molecule has 1 heteroatoms. The number of benzene rings is 1. The highest BCUT2D eigenvalue weighted by Crippen LogP contribution is 2.41. The van der Waals surface area contributed by atoms with Crippen molar-refractivity contribution in [2.45, 2.75) is 131 Å². The minimum atomic E-state index is 0.115. The van der Waals surface area contributed by atoms with Gasteiger partial charge in [0.2, 0.25) is 0 Å². The number of phenolic OH excluding ortho intramolecular Hbond substituents is 1. The lowest BCUT2D eigenvalue weighted by atomic mass is 9.71. The average Bonchev–Trinajstić information content (AvgIpc) is 2.57. The second-order valence-corrected chi connectivity index (χ2v) is 11.0. The van der Waals surface area contributed by atoms with Crippen molar-refractivity contribution in [3.05, 3.63) is 28.8 Å². The van der Waals surface area contributed by atoms with E-state index in [1.54, 1.807) is 0 Å². The lowest BCUT2D eigenvalue weighted by Gasteiger charge is -2.34. The Hall–Kier alpha value is -0.980. The molecule has 1 nitrogen and oxygen atoms in total. The van der Waals surface area contributed by atoms with Gasteiger partial charge in [0.15, 0.2) is 0 Å². The lowest BCUT2D eigenvalue weighted by Crippen LogP contribution is -2.25. The van der Waals surface area contributed by atoms with Crippen molar-refractivity contribution in [3.63, 3.8) is 0 Å². The first kappa shape index (κ1) is 25.1. The van der Waals surface area contributed by atoms with Crippen LogP contribution < -0.4 is 0 Å². The molecule has 1 unspecified atom stereocenters. The number of rotatable bonds is 12. The minimum absolute atomic E-state index is 0.115. The Morgan fingerprint density at radius 2 is 1.39 bits per heavy atom. The molecular formula is C27H48O. The van der Waals surface area contributed by atoms with Crippen LogP contribution in [0.2, 0.25) is 0 Å².